The number of nitrogens with one attached hydrogen (secondary N) is 1. The zero-order chi connectivity index (χ0) is 12.7. The van der Waals surface area contributed by atoms with E-state index in [4.69, 9.17) is 4.42 Å². The maximum atomic E-state index is 11.2. The minimum Gasteiger partial charge on any atom is -0.467 e. The maximum Gasteiger partial charge on any atom is 0.341 e. The number of rotatable bonds is 7. The van der Waals surface area contributed by atoms with Crippen molar-refractivity contribution < 1.29 is 13.9 Å². The highest BCUT2D eigenvalue weighted by molar-refractivity contribution is 7.98. The Morgan fingerprint density at radius 2 is 2.41 bits per heavy atom. The molecule has 0 aliphatic carbocycles. The SMILES string of the molecule is CCC(CSC)NCc1cc(C(=O)OC)co1. The molecule has 0 aliphatic heterocycles. The van der Waals surface area contributed by atoms with E-state index in [0.717, 1.165) is 17.9 Å². The van der Waals surface area contributed by atoms with E-state index in [1.165, 1.54) is 13.4 Å². The lowest BCUT2D eigenvalue weighted by Crippen LogP contribution is -2.29. The highest BCUT2D eigenvalue weighted by Gasteiger charge is 2.11. The number of carbonyl (C=O) groups is 1. The van der Waals surface area contributed by atoms with E-state index in [9.17, 15) is 4.79 Å². The molecule has 5 heteroatoms. The van der Waals surface area contributed by atoms with Crippen LogP contribution in [0.25, 0.3) is 0 Å². The predicted molar refractivity (Wildman–Crippen MR) is 69.3 cm³/mol. The Hall–Kier alpha value is -0.940. The second kappa shape index (κ2) is 7.40. The molecule has 0 fully saturated rings. The molecule has 0 aliphatic rings. The average Bonchev–Trinajstić information content (AvgIpc) is 2.82. The van der Waals surface area contributed by atoms with Gasteiger partial charge in [-0.05, 0) is 18.7 Å². The lowest BCUT2D eigenvalue weighted by atomic mass is 10.2. The van der Waals surface area contributed by atoms with Gasteiger partial charge < -0.3 is 14.5 Å². The minimum absolute atomic E-state index is 0.365. The van der Waals surface area contributed by atoms with Crippen LogP contribution in [0.2, 0.25) is 0 Å². The van der Waals surface area contributed by atoms with Gasteiger partial charge in [-0.25, -0.2) is 4.79 Å². The van der Waals surface area contributed by atoms with Crippen LogP contribution >= 0.6 is 11.8 Å². The first-order valence-corrected chi connectivity index (χ1v) is 6.98. The molecule has 1 heterocycles. The van der Waals surface area contributed by atoms with E-state index in [1.807, 2.05) is 11.8 Å². The summed E-state index contributed by atoms with van der Waals surface area (Å²) in [5, 5.41) is 3.39. The number of furan rings is 1. The highest BCUT2D eigenvalue weighted by atomic mass is 32.2. The van der Waals surface area contributed by atoms with E-state index in [1.54, 1.807) is 6.07 Å². The van der Waals surface area contributed by atoms with Gasteiger partial charge in [0.25, 0.3) is 0 Å². The standard InChI is InChI=1S/C12H19NO3S/c1-4-10(8-17-3)13-6-11-5-9(7-16-11)12(14)15-2/h5,7,10,13H,4,6,8H2,1-3H3. The van der Waals surface area contributed by atoms with Gasteiger partial charge in [0.05, 0.1) is 19.2 Å². The van der Waals surface area contributed by atoms with E-state index in [-0.39, 0.29) is 5.97 Å². The number of hydrogen-bond donors (Lipinski definition) is 1. The van der Waals surface area contributed by atoms with Crippen LogP contribution in [-0.2, 0) is 11.3 Å². The summed E-state index contributed by atoms with van der Waals surface area (Å²) in [6.07, 6.45) is 4.59. The zero-order valence-electron chi connectivity index (χ0n) is 10.5. The second-order valence-corrected chi connectivity index (χ2v) is 4.65. The van der Waals surface area contributed by atoms with Crippen LogP contribution in [0.15, 0.2) is 16.7 Å². The van der Waals surface area contributed by atoms with Crippen molar-refractivity contribution in [3.05, 3.63) is 23.7 Å². The third-order valence-electron chi connectivity index (χ3n) is 2.50. The number of carbonyl (C=O) groups excluding carboxylic acids is 1. The molecule has 0 radical (unpaired) electrons. The lowest BCUT2D eigenvalue weighted by Gasteiger charge is -2.14. The van der Waals surface area contributed by atoms with Crippen LogP contribution in [0.4, 0.5) is 0 Å². The number of ether oxygens (including phenoxy) is 1. The molecule has 0 bridgehead atoms. The third-order valence-corrected chi connectivity index (χ3v) is 3.24. The van der Waals surface area contributed by atoms with Gasteiger partial charge in [0, 0.05) is 11.8 Å². The molecule has 0 spiro atoms. The Morgan fingerprint density at radius 1 is 1.65 bits per heavy atom. The van der Waals surface area contributed by atoms with Crippen molar-refractivity contribution in [1.82, 2.24) is 5.32 Å². The highest BCUT2D eigenvalue weighted by Crippen LogP contribution is 2.10. The Balaban J connectivity index is 2.46. The van der Waals surface area contributed by atoms with E-state index >= 15 is 0 Å². The van der Waals surface area contributed by atoms with Crippen molar-refractivity contribution in [2.75, 3.05) is 19.1 Å². The molecule has 0 aromatic carbocycles. The van der Waals surface area contributed by atoms with Crippen molar-refractivity contribution in [3.63, 3.8) is 0 Å². The van der Waals surface area contributed by atoms with Crippen molar-refractivity contribution in [2.24, 2.45) is 0 Å². The monoisotopic (exact) mass is 257 g/mol. The van der Waals surface area contributed by atoms with Gasteiger partial charge in [-0.2, -0.15) is 11.8 Å². The minimum atomic E-state index is -0.365. The van der Waals surface area contributed by atoms with Crippen LogP contribution in [-0.4, -0.2) is 31.1 Å². The molecular formula is C12H19NO3S. The second-order valence-electron chi connectivity index (χ2n) is 3.73. The van der Waals surface area contributed by atoms with E-state index in [2.05, 4.69) is 23.2 Å². The molecule has 4 nitrogen and oxygen atoms in total. The van der Waals surface area contributed by atoms with Gasteiger partial charge in [-0.15, -0.1) is 0 Å². The topological polar surface area (TPSA) is 51.5 Å². The van der Waals surface area contributed by atoms with Crippen molar-refractivity contribution >= 4 is 17.7 Å². The van der Waals surface area contributed by atoms with Gasteiger partial charge in [0.1, 0.15) is 12.0 Å². The van der Waals surface area contributed by atoms with Gasteiger partial charge >= 0.3 is 5.97 Å². The molecule has 17 heavy (non-hydrogen) atoms. The molecule has 0 saturated heterocycles. The van der Waals surface area contributed by atoms with Crippen LogP contribution in [0.3, 0.4) is 0 Å². The smallest absolute Gasteiger partial charge is 0.341 e. The fourth-order valence-corrected chi connectivity index (χ4v) is 2.22. The molecule has 1 atom stereocenters. The first-order chi connectivity index (χ1) is 8.21. The fraction of sp³-hybridized carbons (Fsp3) is 0.583. The Kier molecular flexibility index (Phi) is 6.15. The molecule has 1 aromatic heterocycles. The van der Waals surface area contributed by atoms with Gasteiger partial charge in [0.15, 0.2) is 0 Å². The third kappa shape index (κ3) is 4.44. The number of methoxy groups -OCH3 is 1. The first-order valence-electron chi connectivity index (χ1n) is 5.59. The molecular weight excluding hydrogens is 238 g/mol. The van der Waals surface area contributed by atoms with Crippen LogP contribution < -0.4 is 5.32 Å². The summed E-state index contributed by atoms with van der Waals surface area (Å²) in [7, 11) is 1.36. The quantitative estimate of drug-likeness (QED) is 0.760. The molecule has 1 rings (SSSR count). The molecule has 0 amide bonds. The largest absolute Gasteiger partial charge is 0.467 e. The van der Waals surface area contributed by atoms with E-state index < -0.39 is 0 Å². The average molecular weight is 257 g/mol. The summed E-state index contributed by atoms with van der Waals surface area (Å²) >= 11 is 1.82. The maximum absolute atomic E-state index is 11.2. The molecule has 1 N–H and O–H groups in total. The Bertz CT molecular complexity index is 351. The summed E-state index contributed by atoms with van der Waals surface area (Å²) in [5.74, 6) is 1.46. The van der Waals surface area contributed by atoms with Gasteiger partial charge in [-0.3, -0.25) is 0 Å². The van der Waals surface area contributed by atoms with Crippen LogP contribution in [0.5, 0.6) is 0 Å². The van der Waals surface area contributed by atoms with Gasteiger partial charge in [0.2, 0.25) is 0 Å². The zero-order valence-corrected chi connectivity index (χ0v) is 11.3. The Morgan fingerprint density at radius 3 is 3.00 bits per heavy atom. The molecule has 1 aromatic rings. The molecule has 1 unspecified atom stereocenters. The fourth-order valence-electron chi connectivity index (χ4n) is 1.47. The van der Waals surface area contributed by atoms with Crippen molar-refractivity contribution in [1.29, 1.82) is 0 Å². The van der Waals surface area contributed by atoms with Crippen LogP contribution in [0, 0.1) is 0 Å². The van der Waals surface area contributed by atoms with Crippen LogP contribution in [0.1, 0.15) is 29.5 Å². The number of esters is 1. The summed E-state index contributed by atoms with van der Waals surface area (Å²) in [6.45, 7) is 2.78. The predicted octanol–water partition coefficient (Wildman–Crippen LogP) is 2.30. The number of thioether (sulfide) groups is 1. The van der Waals surface area contributed by atoms with E-state index in [0.29, 0.717) is 18.2 Å². The molecule has 0 saturated carbocycles. The summed E-state index contributed by atoms with van der Waals surface area (Å²) in [5.41, 5.74) is 0.460. The summed E-state index contributed by atoms with van der Waals surface area (Å²) in [4.78, 5) is 11.2. The summed E-state index contributed by atoms with van der Waals surface area (Å²) < 4.78 is 9.90. The molecule has 96 valence electrons. The summed E-state index contributed by atoms with van der Waals surface area (Å²) in [6, 6.07) is 2.18. The van der Waals surface area contributed by atoms with Crippen molar-refractivity contribution in [3.8, 4) is 0 Å². The van der Waals surface area contributed by atoms with Gasteiger partial charge in [-0.1, -0.05) is 6.92 Å². The lowest BCUT2D eigenvalue weighted by molar-refractivity contribution is 0.0600. The number of hydrogen-bond acceptors (Lipinski definition) is 5. The Labute approximate surface area is 106 Å². The van der Waals surface area contributed by atoms with Crippen molar-refractivity contribution in [2.45, 2.75) is 25.9 Å². The normalized spacial score (nSPS) is 12.4. The first kappa shape index (κ1) is 14.1.